The average molecular weight is 290 g/mol. The van der Waals surface area contributed by atoms with Crippen LogP contribution in [0.15, 0.2) is 12.4 Å². The highest BCUT2D eigenvalue weighted by Crippen LogP contribution is 2.30. The van der Waals surface area contributed by atoms with Gasteiger partial charge in [0.1, 0.15) is 0 Å². The summed E-state index contributed by atoms with van der Waals surface area (Å²) < 4.78 is 1.82. The van der Waals surface area contributed by atoms with Crippen LogP contribution in [-0.2, 0) is 11.8 Å². The van der Waals surface area contributed by atoms with Crippen LogP contribution in [-0.4, -0.2) is 47.3 Å². The van der Waals surface area contributed by atoms with Crippen molar-refractivity contribution in [1.29, 1.82) is 0 Å². The summed E-state index contributed by atoms with van der Waals surface area (Å²) in [6, 6.07) is 0. The summed E-state index contributed by atoms with van der Waals surface area (Å²) in [5, 5.41) is 7.62. The summed E-state index contributed by atoms with van der Waals surface area (Å²) in [5.74, 6) is 1.32. The molecule has 0 bridgehead atoms. The maximum atomic E-state index is 12.8. The summed E-state index contributed by atoms with van der Waals surface area (Å²) >= 11 is 0. The fraction of sp³-hybridized carbons (Fsp3) is 0.750. The van der Waals surface area contributed by atoms with Crippen LogP contribution in [0.1, 0.15) is 37.2 Å². The Morgan fingerprint density at radius 2 is 2.19 bits per heavy atom. The fourth-order valence-electron chi connectivity index (χ4n) is 3.87. The first-order valence-electron chi connectivity index (χ1n) is 8.09. The van der Waals surface area contributed by atoms with Crippen LogP contribution in [0, 0.1) is 11.8 Å². The van der Waals surface area contributed by atoms with Gasteiger partial charge in [-0.25, -0.2) is 0 Å². The number of aryl methyl sites for hydroxylation is 1. The van der Waals surface area contributed by atoms with Gasteiger partial charge < -0.3 is 10.2 Å². The monoisotopic (exact) mass is 290 g/mol. The van der Waals surface area contributed by atoms with E-state index >= 15 is 0 Å². The Hall–Kier alpha value is -1.36. The lowest BCUT2D eigenvalue weighted by Gasteiger charge is -2.26. The average Bonchev–Trinajstić information content (AvgIpc) is 3.17. The van der Waals surface area contributed by atoms with E-state index in [0.717, 1.165) is 19.6 Å². The second kappa shape index (κ2) is 6.18. The van der Waals surface area contributed by atoms with E-state index in [9.17, 15) is 4.79 Å². The molecule has 2 heterocycles. The fourth-order valence-corrected chi connectivity index (χ4v) is 3.87. The summed E-state index contributed by atoms with van der Waals surface area (Å²) in [6.45, 7) is 2.59. The zero-order chi connectivity index (χ0) is 14.8. The topological polar surface area (TPSA) is 50.2 Å². The van der Waals surface area contributed by atoms with E-state index in [1.54, 1.807) is 0 Å². The molecule has 1 saturated carbocycles. The summed E-state index contributed by atoms with van der Waals surface area (Å²) in [4.78, 5) is 14.8. The van der Waals surface area contributed by atoms with Crippen LogP contribution < -0.4 is 5.32 Å². The van der Waals surface area contributed by atoms with E-state index in [2.05, 4.69) is 10.4 Å². The maximum absolute atomic E-state index is 12.8. The minimum atomic E-state index is 0.0561. The first kappa shape index (κ1) is 14.6. The van der Waals surface area contributed by atoms with Crippen molar-refractivity contribution in [3.63, 3.8) is 0 Å². The number of hydrogen-bond acceptors (Lipinski definition) is 3. The highest BCUT2D eigenvalue weighted by molar-refractivity contribution is 5.80. The third-order valence-electron chi connectivity index (χ3n) is 5.07. The van der Waals surface area contributed by atoms with Crippen LogP contribution in [0.2, 0.25) is 0 Å². The number of aromatic nitrogens is 2. The van der Waals surface area contributed by atoms with Gasteiger partial charge in [-0.3, -0.25) is 9.48 Å². The molecule has 1 aliphatic carbocycles. The largest absolute Gasteiger partial charge is 0.345 e. The number of rotatable bonds is 4. The minimum Gasteiger partial charge on any atom is -0.345 e. The van der Waals surface area contributed by atoms with Crippen molar-refractivity contribution in [2.24, 2.45) is 18.9 Å². The van der Waals surface area contributed by atoms with Gasteiger partial charge in [0, 0.05) is 45.8 Å². The molecule has 2 fully saturated rings. The van der Waals surface area contributed by atoms with Gasteiger partial charge in [0.2, 0.25) is 5.91 Å². The van der Waals surface area contributed by atoms with E-state index in [1.807, 2.05) is 36.1 Å². The lowest BCUT2D eigenvalue weighted by atomic mass is 9.89. The molecule has 1 amide bonds. The van der Waals surface area contributed by atoms with E-state index in [-0.39, 0.29) is 11.8 Å². The quantitative estimate of drug-likeness (QED) is 0.911. The highest BCUT2D eigenvalue weighted by Gasteiger charge is 2.36. The molecule has 1 saturated heterocycles. The molecule has 2 aliphatic rings. The number of nitrogens with zero attached hydrogens (tertiary/aromatic N) is 3. The summed E-state index contributed by atoms with van der Waals surface area (Å²) in [6.07, 6.45) is 9.16. The van der Waals surface area contributed by atoms with Crippen molar-refractivity contribution in [2.45, 2.75) is 31.6 Å². The molecule has 1 aliphatic heterocycles. The Bertz CT molecular complexity index is 492. The Kier molecular flexibility index (Phi) is 4.29. The van der Waals surface area contributed by atoms with E-state index in [4.69, 9.17) is 0 Å². The third kappa shape index (κ3) is 3.12. The Balaban J connectivity index is 1.64. The van der Waals surface area contributed by atoms with Gasteiger partial charge >= 0.3 is 0 Å². The zero-order valence-corrected chi connectivity index (χ0v) is 13.1. The molecule has 21 heavy (non-hydrogen) atoms. The predicted octanol–water partition coefficient (Wildman–Crippen LogP) is 1.37. The maximum Gasteiger partial charge on any atom is 0.227 e. The van der Waals surface area contributed by atoms with Gasteiger partial charge in [0.25, 0.3) is 0 Å². The molecular weight excluding hydrogens is 264 g/mol. The van der Waals surface area contributed by atoms with E-state index in [1.165, 1.54) is 31.2 Å². The summed E-state index contributed by atoms with van der Waals surface area (Å²) in [5.41, 5.74) is 1.18. The van der Waals surface area contributed by atoms with E-state index in [0.29, 0.717) is 11.8 Å². The molecule has 0 radical (unpaired) electrons. The van der Waals surface area contributed by atoms with Crippen LogP contribution in [0.5, 0.6) is 0 Å². The number of nitrogens with one attached hydrogen (secondary N) is 1. The number of hydrogen-bond donors (Lipinski definition) is 1. The molecule has 1 N–H and O–H groups in total. The van der Waals surface area contributed by atoms with Crippen LogP contribution in [0.25, 0.3) is 0 Å². The first-order valence-corrected chi connectivity index (χ1v) is 8.09. The molecule has 0 spiro atoms. The van der Waals surface area contributed by atoms with Crippen molar-refractivity contribution < 1.29 is 4.79 Å². The zero-order valence-electron chi connectivity index (χ0n) is 13.1. The number of carbonyl (C=O) groups excluding carboxylic acids is 1. The van der Waals surface area contributed by atoms with Gasteiger partial charge in [-0.1, -0.05) is 12.8 Å². The van der Waals surface area contributed by atoms with Gasteiger partial charge in [-0.2, -0.15) is 5.10 Å². The highest BCUT2D eigenvalue weighted by atomic mass is 16.2. The third-order valence-corrected chi connectivity index (χ3v) is 5.07. The molecule has 5 heteroatoms. The van der Waals surface area contributed by atoms with Crippen molar-refractivity contribution in [2.75, 3.05) is 26.7 Å². The molecule has 1 aromatic rings. The molecule has 2 atom stereocenters. The van der Waals surface area contributed by atoms with Gasteiger partial charge in [0.05, 0.1) is 12.1 Å². The van der Waals surface area contributed by atoms with Crippen molar-refractivity contribution in [3.8, 4) is 0 Å². The van der Waals surface area contributed by atoms with Gasteiger partial charge in [0.15, 0.2) is 0 Å². The number of amides is 1. The predicted molar refractivity (Wildman–Crippen MR) is 81.9 cm³/mol. The molecule has 3 rings (SSSR count). The van der Waals surface area contributed by atoms with Gasteiger partial charge in [-0.15, -0.1) is 0 Å². The molecule has 1 aromatic heterocycles. The number of carbonyl (C=O) groups is 1. The van der Waals surface area contributed by atoms with Crippen molar-refractivity contribution in [3.05, 3.63) is 18.0 Å². The van der Waals surface area contributed by atoms with E-state index < -0.39 is 0 Å². The van der Waals surface area contributed by atoms with Crippen molar-refractivity contribution >= 4 is 5.91 Å². The molecule has 0 unspecified atom stereocenters. The molecule has 5 nitrogen and oxygen atoms in total. The molecular formula is C16H26N4O. The Morgan fingerprint density at radius 1 is 1.43 bits per heavy atom. The molecule has 0 aromatic carbocycles. The standard InChI is InChI=1S/C16H26N4O/c1-19(10-12-5-3-4-6-12)16(21)15-9-17-8-14(15)13-7-18-20(2)11-13/h7,11-12,14-15,17H,3-6,8-10H2,1-2H3/t14-,15+/m1/s1. The van der Waals surface area contributed by atoms with Crippen LogP contribution >= 0.6 is 0 Å². The van der Waals surface area contributed by atoms with Crippen molar-refractivity contribution in [1.82, 2.24) is 20.0 Å². The lowest BCUT2D eigenvalue weighted by Crippen LogP contribution is -2.38. The minimum absolute atomic E-state index is 0.0561. The smallest absolute Gasteiger partial charge is 0.227 e. The first-order chi connectivity index (χ1) is 10.1. The Labute approximate surface area is 126 Å². The molecule has 116 valence electrons. The van der Waals surface area contributed by atoms with Crippen LogP contribution in [0.3, 0.4) is 0 Å². The Morgan fingerprint density at radius 3 is 2.86 bits per heavy atom. The van der Waals surface area contributed by atoms with Gasteiger partial charge in [-0.05, 0) is 24.3 Å². The SMILES string of the molecule is CN(CC1CCCC1)C(=O)[C@H]1CNC[C@@H]1c1cnn(C)c1. The second-order valence-corrected chi connectivity index (χ2v) is 6.69. The normalized spacial score (nSPS) is 26.4. The lowest BCUT2D eigenvalue weighted by molar-refractivity contribution is -0.134. The summed E-state index contributed by atoms with van der Waals surface area (Å²) in [7, 11) is 3.90. The second-order valence-electron chi connectivity index (χ2n) is 6.69. The van der Waals surface area contributed by atoms with Crippen LogP contribution in [0.4, 0.5) is 0 Å².